The highest BCUT2D eigenvalue weighted by molar-refractivity contribution is 5.93. The first kappa shape index (κ1) is 18.5. The summed E-state index contributed by atoms with van der Waals surface area (Å²) in [4.78, 5) is 25.6. The third-order valence-corrected chi connectivity index (χ3v) is 4.99. The summed E-state index contributed by atoms with van der Waals surface area (Å²) in [5, 5.41) is 2.86. The van der Waals surface area contributed by atoms with E-state index < -0.39 is 36.0 Å². The summed E-state index contributed by atoms with van der Waals surface area (Å²) in [6, 6.07) is 3.37. The molecule has 1 aromatic carbocycles. The maximum atomic E-state index is 12.7. The van der Waals surface area contributed by atoms with E-state index in [0.717, 1.165) is 49.1 Å². The maximum Gasteiger partial charge on any atom is 0.419 e. The molecule has 5 nitrogen and oxygen atoms in total. The molecule has 1 aliphatic carbocycles. The summed E-state index contributed by atoms with van der Waals surface area (Å²) >= 11 is 0. The molecule has 0 unspecified atom stereocenters. The fourth-order valence-electron chi connectivity index (χ4n) is 3.53. The smallest absolute Gasteiger partial charge is 0.419 e. The van der Waals surface area contributed by atoms with Gasteiger partial charge in [0.25, 0.3) is 0 Å². The van der Waals surface area contributed by atoms with Crippen molar-refractivity contribution in [1.29, 1.82) is 0 Å². The minimum atomic E-state index is -4.43. The second kappa shape index (κ2) is 7.17. The van der Waals surface area contributed by atoms with E-state index in [1.165, 1.54) is 12.1 Å². The summed E-state index contributed by atoms with van der Waals surface area (Å²) in [6.45, 7) is 1.65. The lowest BCUT2D eigenvalue weighted by Crippen LogP contribution is -2.48. The highest BCUT2D eigenvalue weighted by Crippen LogP contribution is 2.35. The van der Waals surface area contributed by atoms with Crippen molar-refractivity contribution in [2.45, 2.75) is 63.4 Å². The topological polar surface area (TPSA) is 58.6 Å². The van der Waals surface area contributed by atoms with Gasteiger partial charge in [0.2, 0.25) is 0 Å². The van der Waals surface area contributed by atoms with Crippen LogP contribution >= 0.6 is 0 Å². The molecule has 2 fully saturated rings. The van der Waals surface area contributed by atoms with Crippen LogP contribution < -0.4 is 5.32 Å². The van der Waals surface area contributed by atoms with Gasteiger partial charge in [-0.3, -0.25) is 0 Å². The van der Waals surface area contributed by atoms with Crippen LogP contribution in [-0.2, 0) is 10.9 Å². The number of benzene rings is 1. The van der Waals surface area contributed by atoms with Crippen molar-refractivity contribution in [3.63, 3.8) is 0 Å². The van der Waals surface area contributed by atoms with Crippen LogP contribution in [0.15, 0.2) is 24.3 Å². The predicted molar refractivity (Wildman–Crippen MR) is 87.4 cm³/mol. The number of nitrogens with zero attached hydrogens (tertiary/aromatic N) is 1. The van der Waals surface area contributed by atoms with E-state index >= 15 is 0 Å². The second-order valence-corrected chi connectivity index (χ2v) is 6.82. The largest absolute Gasteiger partial charge is 0.439 e. The molecule has 8 heteroatoms. The molecule has 0 radical (unpaired) electrons. The van der Waals surface area contributed by atoms with Crippen LogP contribution in [0.25, 0.3) is 0 Å². The molecule has 0 bridgehead atoms. The van der Waals surface area contributed by atoms with Gasteiger partial charge in [-0.15, -0.1) is 0 Å². The lowest BCUT2D eigenvalue weighted by Gasteiger charge is -2.26. The maximum absolute atomic E-state index is 12.7. The fourth-order valence-corrected chi connectivity index (χ4v) is 3.53. The molecule has 3 amide bonds. The number of cyclic esters (lactones) is 1. The molecule has 26 heavy (non-hydrogen) atoms. The van der Waals surface area contributed by atoms with Crippen LogP contribution in [0, 0.1) is 0 Å². The van der Waals surface area contributed by atoms with Gasteiger partial charge < -0.3 is 10.1 Å². The molecule has 1 heterocycles. The Kier molecular flexibility index (Phi) is 5.11. The van der Waals surface area contributed by atoms with Gasteiger partial charge in [-0.2, -0.15) is 13.2 Å². The molecular formula is C18H21F3N2O3. The number of amides is 3. The van der Waals surface area contributed by atoms with Crippen LogP contribution in [0.3, 0.4) is 0 Å². The first-order chi connectivity index (χ1) is 12.3. The van der Waals surface area contributed by atoms with E-state index in [4.69, 9.17) is 4.74 Å². The number of carbonyl (C=O) groups excluding carboxylic acids is 2. The molecule has 1 N–H and O–H groups in total. The molecule has 1 saturated carbocycles. The van der Waals surface area contributed by atoms with Gasteiger partial charge in [0, 0.05) is 6.04 Å². The molecule has 2 aliphatic rings. The third-order valence-electron chi connectivity index (χ3n) is 4.99. The normalized spacial score (nSPS) is 24.5. The zero-order valence-electron chi connectivity index (χ0n) is 14.4. The second-order valence-electron chi connectivity index (χ2n) is 6.82. The molecule has 142 valence electrons. The van der Waals surface area contributed by atoms with Crippen LogP contribution in [0.5, 0.6) is 0 Å². The van der Waals surface area contributed by atoms with Crippen LogP contribution in [0.2, 0.25) is 0 Å². The molecule has 2 atom stereocenters. The Morgan fingerprint density at radius 3 is 2.35 bits per heavy atom. The number of ether oxygens (including phenoxy) is 1. The van der Waals surface area contributed by atoms with Gasteiger partial charge in [0.05, 0.1) is 11.6 Å². The molecule has 0 spiro atoms. The lowest BCUT2D eigenvalue weighted by atomic mass is 9.95. The Morgan fingerprint density at radius 1 is 1.15 bits per heavy atom. The van der Waals surface area contributed by atoms with E-state index in [-0.39, 0.29) is 6.04 Å². The van der Waals surface area contributed by atoms with E-state index in [9.17, 15) is 22.8 Å². The number of alkyl halides is 3. The van der Waals surface area contributed by atoms with Gasteiger partial charge in [-0.1, -0.05) is 31.4 Å². The van der Waals surface area contributed by atoms with Gasteiger partial charge in [-0.25, -0.2) is 14.5 Å². The van der Waals surface area contributed by atoms with E-state index in [2.05, 4.69) is 5.32 Å². The number of hydrogen-bond acceptors (Lipinski definition) is 3. The summed E-state index contributed by atoms with van der Waals surface area (Å²) in [6.07, 6.45) is -1.01. The average molecular weight is 370 g/mol. The quantitative estimate of drug-likeness (QED) is 0.826. The van der Waals surface area contributed by atoms with Gasteiger partial charge in [0.1, 0.15) is 6.10 Å². The number of carbonyl (C=O) groups is 2. The fraction of sp³-hybridized carbons (Fsp3) is 0.556. The van der Waals surface area contributed by atoms with Crippen molar-refractivity contribution in [3.8, 4) is 0 Å². The van der Waals surface area contributed by atoms with Crippen molar-refractivity contribution in [1.82, 2.24) is 10.2 Å². The molecule has 1 aromatic rings. The number of imide groups is 1. The Hall–Kier alpha value is -2.25. The summed E-state index contributed by atoms with van der Waals surface area (Å²) < 4.78 is 43.3. The summed E-state index contributed by atoms with van der Waals surface area (Å²) in [5.41, 5.74) is -0.350. The van der Waals surface area contributed by atoms with E-state index in [1.54, 1.807) is 6.92 Å². The highest BCUT2D eigenvalue weighted by atomic mass is 19.4. The summed E-state index contributed by atoms with van der Waals surface area (Å²) in [7, 11) is 0. The number of rotatable bonds is 2. The average Bonchev–Trinajstić information content (AvgIpc) is 2.89. The Labute approximate surface area is 149 Å². The van der Waals surface area contributed by atoms with E-state index in [0.29, 0.717) is 5.56 Å². The monoisotopic (exact) mass is 370 g/mol. The van der Waals surface area contributed by atoms with Crippen molar-refractivity contribution in [3.05, 3.63) is 35.4 Å². The SMILES string of the molecule is C[C@@H]1[C@@H](c2ccc(C(F)(F)F)cc2)OC(=O)N1C(=O)NC1CCCCC1. The Balaban J connectivity index is 1.69. The van der Waals surface area contributed by atoms with Crippen LogP contribution in [0.4, 0.5) is 22.8 Å². The molecule has 0 aromatic heterocycles. The van der Waals surface area contributed by atoms with Crippen LogP contribution in [-0.4, -0.2) is 29.1 Å². The van der Waals surface area contributed by atoms with E-state index in [1.807, 2.05) is 0 Å². The first-order valence-corrected chi connectivity index (χ1v) is 8.75. The Bertz CT molecular complexity index is 669. The lowest BCUT2D eigenvalue weighted by molar-refractivity contribution is -0.137. The van der Waals surface area contributed by atoms with Crippen LogP contribution in [0.1, 0.15) is 56.3 Å². The minimum absolute atomic E-state index is 0.0429. The zero-order valence-corrected chi connectivity index (χ0v) is 14.4. The number of nitrogens with one attached hydrogen (secondary N) is 1. The van der Waals surface area contributed by atoms with Crippen molar-refractivity contribution in [2.24, 2.45) is 0 Å². The third kappa shape index (κ3) is 3.78. The zero-order chi connectivity index (χ0) is 18.9. The Morgan fingerprint density at radius 2 is 1.77 bits per heavy atom. The number of urea groups is 1. The standard InChI is InChI=1S/C18H21F3N2O3/c1-11-15(12-7-9-13(10-8-12)18(19,20)21)26-17(25)23(11)16(24)22-14-5-3-2-4-6-14/h7-11,14-15H,2-6H2,1H3,(H,22,24)/t11-,15+/m1/s1. The van der Waals surface area contributed by atoms with Gasteiger partial charge in [-0.05, 0) is 37.5 Å². The van der Waals surface area contributed by atoms with Gasteiger partial charge >= 0.3 is 18.3 Å². The molecule has 1 saturated heterocycles. The molecule has 3 rings (SSSR count). The first-order valence-electron chi connectivity index (χ1n) is 8.75. The minimum Gasteiger partial charge on any atom is -0.439 e. The molecule has 1 aliphatic heterocycles. The predicted octanol–water partition coefficient (Wildman–Crippen LogP) is 4.63. The van der Waals surface area contributed by atoms with Crippen molar-refractivity contribution >= 4 is 12.1 Å². The van der Waals surface area contributed by atoms with Crippen molar-refractivity contribution in [2.75, 3.05) is 0 Å². The highest BCUT2D eigenvalue weighted by Gasteiger charge is 2.44. The number of halogens is 3. The molecular weight excluding hydrogens is 349 g/mol. The number of hydrogen-bond donors (Lipinski definition) is 1. The van der Waals surface area contributed by atoms with Gasteiger partial charge in [0.15, 0.2) is 0 Å². The van der Waals surface area contributed by atoms with Crippen molar-refractivity contribution < 1.29 is 27.5 Å². The summed E-state index contributed by atoms with van der Waals surface area (Å²) in [5.74, 6) is 0.